The molecule has 20 heavy (non-hydrogen) atoms. The van der Waals surface area contributed by atoms with Crippen LogP contribution in [-0.4, -0.2) is 10.9 Å². The van der Waals surface area contributed by atoms with E-state index in [0.717, 1.165) is 5.76 Å². The Morgan fingerprint density at radius 1 is 1.15 bits per heavy atom. The van der Waals surface area contributed by atoms with Crippen molar-refractivity contribution in [3.8, 4) is 5.75 Å². The Kier molecular flexibility index (Phi) is 3.03. The van der Waals surface area contributed by atoms with Crippen molar-refractivity contribution in [3.05, 3.63) is 65.4 Å². The summed E-state index contributed by atoms with van der Waals surface area (Å²) in [7, 11) is 0. The molecule has 0 aliphatic rings. The highest BCUT2D eigenvalue weighted by molar-refractivity contribution is 6.16. The minimum atomic E-state index is -0.0703. The number of aromatic hydroxyl groups is 1. The fraction of sp³-hybridized carbons (Fsp3) is 0.118. The number of ketones is 1. The average molecular weight is 266 g/mol. The third-order valence-corrected chi connectivity index (χ3v) is 3.34. The van der Waals surface area contributed by atoms with Crippen molar-refractivity contribution >= 4 is 16.8 Å². The van der Waals surface area contributed by atoms with E-state index >= 15 is 0 Å². The number of benzene rings is 2. The summed E-state index contributed by atoms with van der Waals surface area (Å²) in [4.78, 5) is 12.5. The molecule has 0 fully saturated rings. The van der Waals surface area contributed by atoms with Gasteiger partial charge in [0.25, 0.3) is 0 Å². The molecule has 0 saturated carbocycles. The second-order valence-electron chi connectivity index (χ2n) is 4.64. The number of aryl methyl sites for hydroxylation is 1. The van der Waals surface area contributed by atoms with Gasteiger partial charge in [-0.2, -0.15) is 0 Å². The molecule has 0 radical (unpaired) electrons. The highest BCUT2D eigenvalue weighted by atomic mass is 16.4. The zero-order valence-corrected chi connectivity index (χ0v) is 11.1. The van der Waals surface area contributed by atoms with Gasteiger partial charge in [-0.25, -0.2) is 0 Å². The fourth-order valence-electron chi connectivity index (χ4n) is 2.28. The molecule has 0 atom stereocenters. The largest absolute Gasteiger partial charge is 0.504 e. The van der Waals surface area contributed by atoms with Crippen molar-refractivity contribution in [2.75, 3.05) is 0 Å². The topological polar surface area (TPSA) is 50.4 Å². The Morgan fingerprint density at radius 3 is 2.60 bits per heavy atom. The first kappa shape index (κ1) is 12.5. The molecule has 3 heteroatoms. The van der Waals surface area contributed by atoms with Crippen LogP contribution in [0.3, 0.4) is 0 Å². The van der Waals surface area contributed by atoms with Crippen LogP contribution < -0.4 is 0 Å². The van der Waals surface area contributed by atoms with Gasteiger partial charge in [-0.3, -0.25) is 4.79 Å². The van der Waals surface area contributed by atoms with Crippen molar-refractivity contribution in [1.82, 2.24) is 0 Å². The fourth-order valence-corrected chi connectivity index (χ4v) is 2.28. The first-order valence-corrected chi connectivity index (χ1v) is 6.55. The minimum absolute atomic E-state index is 0.0595. The number of carbonyl (C=O) groups is 1. The second-order valence-corrected chi connectivity index (χ2v) is 4.64. The molecule has 0 aliphatic heterocycles. The van der Waals surface area contributed by atoms with E-state index in [0.29, 0.717) is 28.5 Å². The Labute approximate surface area is 116 Å². The van der Waals surface area contributed by atoms with Gasteiger partial charge in [0, 0.05) is 22.9 Å². The van der Waals surface area contributed by atoms with E-state index in [1.165, 1.54) is 6.07 Å². The lowest BCUT2D eigenvalue weighted by Crippen LogP contribution is -2.01. The Morgan fingerprint density at radius 2 is 1.90 bits per heavy atom. The third kappa shape index (κ3) is 1.97. The van der Waals surface area contributed by atoms with Gasteiger partial charge in [0.15, 0.2) is 17.1 Å². The van der Waals surface area contributed by atoms with Crippen molar-refractivity contribution in [2.24, 2.45) is 0 Å². The summed E-state index contributed by atoms with van der Waals surface area (Å²) < 4.78 is 5.57. The lowest BCUT2D eigenvalue weighted by molar-refractivity contribution is 0.104. The summed E-state index contributed by atoms with van der Waals surface area (Å²) in [6, 6.07) is 14.1. The second kappa shape index (κ2) is 4.85. The number of hydrogen-bond donors (Lipinski definition) is 1. The number of fused-ring (bicyclic) bond motifs is 1. The molecule has 0 unspecified atom stereocenters. The van der Waals surface area contributed by atoms with Gasteiger partial charge in [0.1, 0.15) is 5.76 Å². The maximum absolute atomic E-state index is 12.5. The van der Waals surface area contributed by atoms with Crippen LogP contribution in [0.4, 0.5) is 0 Å². The SMILES string of the molecule is CCc1cc2c(C(=O)c3ccccc3)ccc(O)c2o1. The van der Waals surface area contributed by atoms with Gasteiger partial charge in [0.2, 0.25) is 0 Å². The summed E-state index contributed by atoms with van der Waals surface area (Å²) in [5, 5.41) is 10.5. The molecule has 0 bridgehead atoms. The molecule has 1 N–H and O–H groups in total. The van der Waals surface area contributed by atoms with Crippen LogP contribution in [0.5, 0.6) is 5.75 Å². The molecule has 100 valence electrons. The molecule has 0 spiro atoms. The van der Waals surface area contributed by atoms with E-state index in [2.05, 4.69) is 0 Å². The van der Waals surface area contributed by atoms with Gasteiger partial charge < -0.3 is 9.52 Å². The lowest BCUT2D eigenvalue weighted by Gasteiger charge is -2.03. The quantitative estimate of drug-likeness (QED) is 0.731. The maximum atomic E-state index is 12.5. The van der Waals surface area contributed by atoms with Gasteiger partial charge in [-0.1, -0.05) is 37.3 Å². The van der Waals surface area contributed by atoms with Crippen LogP contribution in [0.15, 0.2) is 52.9 Å². The third-order valence-electron chi connectivity index (χ3n) is 3.34. The summed E-state index contributed by atoms with van der Waals surface area (Å²) in [5.74, 6) is 0.743. The van der Waals surface area contributed by atoms with Crippen molar-refractivity contribution in [2.45, 2.75) is 13.3 Å². The molecule has 1 heterocycles. The first-order valence-electron chi connectivity index (χ1n) is 6.55. The lowest BCUT2D eigenvalue weighted by atomic mass is 10.00. The number of carbonyl (C=O) groups excluding carboxylic acids is 1. The van der Waals surface area contributed by atoms with Crippen LogP contribution in [0.2, 0.25) is 0 Å². The van der Waals surface area contributed by atoms with Crippen molar-refractivity contribution in [1.29, 1.82) is 0 Å². The Bertz CT molecular complexity index is 770. The standard InChI is InChI=1S/C17H14O3/c1-2-12-10-14-13(8-9-15(18)17(14)20-12)16(19)11-6-4-3-5-7-11/h3-10,18H,2H2,1H3. The predicted octanol–water partition coefficient (Wildman–Crippen LogP) is 3.93. The van der Waals surface area contributed by atoms with Crippen LogP contribution in [-0.2, 0) is 6.42 Å². The molecule has 3 rings (SSSR count). The zero-order valence-electron chi connectivity index (χ0n) is 11.1. The van der Waals surface area contributed by atoms with Crippen molar-refractivity contribution < 1.29 is 14.3 Å². The van der Waals surface area contributed by atoms with E-state index in [-0.39, 0.29) is 11.5 Å². The van der Waals surface area contributed by atoms with E-state index in [9.17, 15) is 9.90 Å². The Hall–Kier alpha value is -2.55. The van der Waals surface area contributed by atoms with Gasteiger partial charge in [0.05, 0.1) is 0 Å². The number of furan rings is 1. The van der Waals surface area contributed by atoms with Crippen LogP contribution in [0.1, 0.15) is 28.6 Å². The smallest absolute Gasteiger partial charge is 0.193 e. The normalized spacial score (nSPS) is 10.8. The molecule has 0 amide bonds. The molecule has 0 aliphatic carbocycles. The number of phenols is 1. The molecule has 3 aromatic rings. The molecule has 3 nitrogen and oxygen atoms in total. The van der Waals surface area contributed by atoms with Crippen LogP contribution in [0, 0.1) is 0 Å². The molecule has 1 aromatic heterocycles. The monoisotopic (exact) mass is 266 g/mol. The predicted molar refractivity (Wildman–Crippen MR) is 77.1 cm³/mol. The van der Waals surface area contributed by atoms with E-state index in [1.807, 2.05) is 31.2 Å². The maximum Gasteiger partial charge on any atom is 0.193 e. The highest BCUT2D eigenvalue weighted by Crippen LogP contribution is 2.32. The van der Waals surface area contributed by atoms with Gasteiger partial charge in [-0.15, -0.1) is 0 Å². The summed E-state index contributed by atoms with van der Waals surface area (Å²) >= 11 is 0. The van der Waals surface area contributed by atoms with Crippen LogP contribution in [0.25, 0.3) is 11.0 Å². The Balaban J connectivity index is 2.19. The van der Waals surface area contributed by atoms with E-state index in [1.54, 1.807) is 18.2 Å². The highest BCUT2D eigenvalue weighted by Gasteiger charge is 2.17. The van der Waals surface area contributed by atoms with E-state index in [4.69, 9.17) is 4.42 Å². The van der Waals surface area contributed by atoms with Crippen LogP contribution >= 0.6 is 0 Å². The number of phenolic OH excluding ortho intramolecular Hbond substituents is 1. The molecular formula is C17H14O3. The van der Waals surface area contributed by atoms with Gasteiger partial charge >= 0.3 is 0 Å². The summed E-state index contributed by atoms with van der Waals surface area (Å²) in [6.07, 6.45) is 0.715. The number of hydrogen-bond acceptors (Lipinski definition) is 3. The zero-order chi connectivity index (χ0) is 14.1. The van der Waals surface area contributed by atoms with Gasteiger partial charge in [-0.05, 0) is 18.2 Å². The molecule has 2 aromatic carbocycles. The minimum Gasteiger partial charge on any atom is -0.504 e. The summed E-state index contributed by atoms with van der Waals surface area (Å²) in [5.41, 5.74) is 1.55. The number of rotatable bonds is 3. The molecule has 0 saturated heterocycles. The van der Waals surface area contributed by atoms with E-state index < -0.39 is 0 Å². The first-order chi connectivity index (χ1) is 9.70. The average Bonchev–Trinajstić information content (AvgIpc) is 2.93. The molecular weight excluding hydrogens is 252 g/mol. The van der Waals surface area contributed by atoms with Crippen molar-refractivity contribution in [3.63, 3.8) is 0 Å². The summed E-state index contributed by atoms with van der Waals surface area (Å²) in [6.45, 7) is 1.97.